The van der Waals surface area contributed by atoms with Gasteiger partial charge >= 0.3 is 5.97 Å². The zero-order valence-corrected chi connectivity index (χ0v) is 18.6. The summed E-state index contributed by atoms with van der Waals surface area (Å²) in [7, 11) is 0. The monoisotopic (exact) mass is 446 g/mol. The van der Waals surface area contributed by atoms with Crippen LogP contribution >= 0.6 is 0 Å². The third-order valence-electron chi connectivity index (χ3n) is 5.95. The van der Waals surface area contributed by atoms with Gasteiger partial charge in [-0.25, -0.2) is 4.79 Å². The molecule has 0 spiro atoms. The van der Waals surface area contributed by atoms with Gasteiger partial charge in [-0.3, -0.25) is 4.79 Å². The van der Waals surface area contributed by atoms with Crippen LogP contribution in [0.15, 0.2) is 66.7 Å². The van der Waals surface area contributed by atoms with Gasteiger partial charge in [0, 0.05) is 24.8 Å². The minimum Gasteiger partial charge on any atom is -0.478 e. The molecule has 0 saturated heterocycles. The highest BCUT2D eigenvalue weighted by Crippen LogP contribution is 2.33. The lowest BCUT2D eigenvalue weighted by molar-refractivity contribution is -0.131. The number of benzene rings is 2. The second-order valence-electron chi connectivity index (χ2n) is 8.47. The summed E-state index contributed by atoms with van der Waals surface area (Å²) in [5.41, 5.74) is 3.14. The molecule has 0 unspecified atom stereocenters. The molecule has 33 heavy (non-hydrogen) atoms. The van der Waals surface area contributed by atoms with Gasteiger partial charge in [0.15, 0.2) is 0 Å². The average Bonchev–Trinajstić information content (AvgIpc) is 3.07. The van der Waals surface area contributed by atoms with Crippen LogP contribution < -0.4 is 0 Å². The van der Waals surface area contributed by atoms with E-state index >= 15 is 0 Å². The number of carbonyl (C=O) groups excluding carboxylic acids is 1. The molecular weight excluding hydrogens is 416 g/mol. The molecule has 5 nitrogen and oxygen atoms in total. The number of allylic oxidation sites excluding steroid dienone is 1. The zero-order chi connectivity index (χ0) is 23.6. The molecule has 172 valence electrons. The lowest BCUT2D eigenvalue weighted by Crippen LogP contribution is -2.20. The molecule has 4 atom stereocenters. The topological polar surface area (TPSA) is 94.8 Å². The second-order valence-corrected chi connectivity index (χ2v) is 8.47. The van der Waals surface area contributed by atoms with E-state index < -0.39 is 24.1 Å². The van der Waals surface area contributed by atoms with Gasteiger partial charge in [0.1, 0.15) is 11.9 Å². The highest BCUT2D eigenvalue weighted by atomic mass is 16.4. The predicted octanol–water partition coefficient (Wildman–Crippen LogP) is 4.03. The first-order valence-electron chi connectivity index (χ1n) is 11.4. The first-order chi connectivity index (χ1) is 15.9. The van der Waals surface area contributed by atoms with Crippen molar-refractivity contribution in [2.75, 3.05) is 0 Å². The summed E-state index contributed by atoms with van der Waals surface area (Å²) in [6.45, 7) is 0. The van der Waals surface area contributed by atoms with E-state index in [1.165, 1.54) is 0 Å². The summed E-state index contributed by atoms with van der Waals surface area (Å²) in [5.74, 6) is 4.06. The van der Waals surface area contributed by atoms with E-state index in [0.29, 0.717) is 19.3 Å². The van der Waals surface area contributed by atoms with E-state index in [2.05, 4.69) is 11.8 Å². The number of Topliss-reactive ketones (excluding diaryl/α,β-unsaturated/α-hetero) is 1. The van der Waals surface area contributed by atoms with Gasteiger partial charge in [0.25, 0.3) is 0 Å². The maximum absolute atomic E-state index is 12.3. The predicted molar refractivity (Wildman–Crippen MR) is 127 cm³/mol. The molecule has 0 aliphatic heterocycles. The molecule has 0 aromatic heterocycles. The first-order valence-corrected chi connectivity index (χ1v) is 11.4. The van der Waals surface area contributed by atoms with Crippen molar-refractivity contribution in [3.05, 3.63) is 72.3 Å². The molecule has 2 aromatic carbocycles. The molecule has 0 radical (unpaired) electrons. The van der Waals surface area contributed by atoms with Crippen LogP contribution in [0, 0.1) is 23.7 Å². The Hall–Kier alpha value is -3.20. The van der Waals surface area contributed by atoms with Gasteiger partial charge in [-0.1, -0.05) is 78.9 Å². The molecule has 1 aliphatic rings. The van der Waals surface area contributed by atoms with Crippen LogP contribution in [0.2, 0.25) is 0 Å². The third-order valence-corrected chi connectivity index (χ3v) is 5.95. The van der Waals surface area contributed by atoms with Crippen LogP contribution in [0.4, 0.5) is 0 Å². The molecule has 1 saturated carbocycles. The standard InChI is InChI=1S/C28H30O5/c29-23(18-20-9-8-12-22(17-20)21-10-4-3-5-11-21)15-16-25-24(26(30)19-27(25)31)13-6-1-2-7-14-28(32)33/h3-5,7-12,14,17,23-25,27,29,31H,1-2,6,13,18-19H2,(H,32,33)/b14-7+/t23-,24-,25-,27-/m1/s1. The maximum Gasteiger partial charge on any atom is 0.327 e. The Morgan fingerprint density at radius 3 is 2.61 bits per heavy atom. The van der Waals surface area contributed by atoms with E-state index in [1.54, 1.807) is 6.08 Å². The van der Waals surface area contributed by atoms with Gasteiger partial charge in [-0.15, -0.1) is 0 Å². The number of rotatable bonds is 9. The Balaban J connectivity index is 1.58. The number of unbranched alkanes of at least 4 members (excludes halogenated alkanes) is 2. The smallest absolute Gasteiger partial charge is 0.327 e. The zero-order valence-electron chi connectivity index (χ0n) is 18.6. The number of hydrogen-bond acceptors (Lipinski definition) is 4. The number of carboxylic acids is 1. The molecular formula is C28H30O5. The Bertz CT molecular complexity index is 1030. The lowest BCUT2D eigenvalue weighted by Gasteiger charge is -2.15. The van der Waals surface area contributed by atoms with E-state index in [4.69, 9.17) is 5.11 Å². The fourth-order valence-electron chi connectivity index (χ4n) is 4.28. The summed E-state index contributed by atoms with van der Waals surface area (Å²) in [4.78, 5) is 22.8. The molecule has 5 heteroatoms. The van der Waals surface area contributed by atoms with Crippen LogP contribution in [0.5, 0.6) is 0 Å². The molecule has 1 aliphatic carbocycles. The summed E-state index contributed by atoms with van der Waals surface area (Å²) < 4.78 is 0. The van der Waals surface area contributed by atoms with Crippen LogP contribution in [-0.4, -0.2) is 39.3 Å². The Labute approximate surface area is 194 Å². The number of carboxylic acid groups (broad SMARTS) is 1. The molecule has 0 heterocycles. The Morgan fingerprint density at radius 1 is 1.09 bits per heavy atom. The molecule has 1 fully saturated rings. The number of aliphatic carboxylic acids is 1. The van der Waals surface area contributed by atoms with Crippen molar-refractivity contribution >= 4 is 11.8 Å². The van der Waals surface area contributed by atoms with Crippen molar-refractivity contribution < 1.29 is 24.9 Å². The largest absolute Gasteiger partial charge is 0.478 e. The normalized spacial score (nSPS) is 21.0. The van der Waals surface area contributed by atoms with Crippen LogP contribution in [-0.2, 0) is 16.0 Å². The molecule has 2 aromatic rings. The fraction of sp³-hybridized carbons (Fsp3) is 0.357. The van der Waals surface area contributed by atoms with Gasteiger partial charge in [-0.2, -0.15) is 0 Å². The first kappa shape index (κ1) is 24.4. The van der Waals surface area contributed by atoms with E-state index in [0.717, 1.165) is 35.6 Å². The molecule has 0 bridgehead atoms. The molecule has 3 rings (SSSR count). The average molecular weight is 447 g/mol. The van der Waals surface area contributed by atoms with Gasteiger partial charge in [0.05, 0.1) is 12.0 Å². The van der Waals surface area contributed by atoms with Crippen LogP contribution in [0.25, 0.3) is 11.1 Å². The minimum atomic E-state index is -0.968. The number of aliphatic hydroxyl groups is 2. The quantitative estimate of drug-likeness (QED) is 0.307. The SMILES string of the molecule is O=C(O)/C=C/CCCC[C@H]1C(=O)C[C@@H](O)[C@@H]1C#C[C@@H](O)Cc1cccc(-c2ccccc2)c1. The number of hydrogen-bond donors (Lipinski definition) is 3. The van der Waals surface area contributed by atoms with E-state index in [-0.39, 0.29) is 18.1 Å². The minimum absolute atomic E-state index is 0.00734. The second kappa shape index (κ2) is 12.2. The van der Waals surface area contributed by atoms with Crippen LogP contribution in [0.1, 0.15) is 37.7 Å². The van der Waals surface area contributed by atoms with Gasteiger partial charge in [0.2, 0.25) is 0 Å². The summed E-state index contributed by atoms with van der Waals surface area (Å²) in [5, 5.41) is 29.4. The van der Waals surface area contributed by atoms with Crippen molar-refractivity contribution in [3.63, 3.8) is 0 Å². The van der Waals surface area contributed by atoms with Crippen molar-refractivity contribution in [1.82, 2.24) is 0 Å². The van der Waals surface area contributed by atoms with Gasteiger partial charge < -0.3 is 15.3 Å². The number of carbonyl (C=O) groups is 2. The highest BCUT2D eigenvalue weighted by Gasteiger charge is 2.40. The van der Waals surface area contributed by atoms with Gasteiger partial charge in [-0.05, 0) is 36.0 Å². The summed E-state index contributed by atoms with van der Waals surface area (Å²) >= 11 is 0. The fourth-order valence-corrected chi connectivity index (χ4v) is 4.28. The van der Waals surface area contributed by atoms with Crippen LogP contribution in [0.3, 0.4) is 0 Å². The third kappa shape index (κ3) is 7.42. The highest BCUT2D eigenvalue weighted by molar-refractivity contribution is 5.85. The van der Waals surface area contributed by atoms with E-state index in [9.17, 15) is 19.8 Å². The Kier molecular flexibility index (Phi) is 9.00. The van der Waals surface area contributed by atoms with Crippen molar-refractivity contribution in [1.29, 1.82) is 0 Å². The number of ketones is 1. The molecule has 3 N–H and O–H groups in total. The lowest BCUT2D eigenvalue weighted by atomic mass is 9.89. The van der Waals surface area contributed by atoms with Crippen molar-refractivity contribution in [2.24, 2.45) is 11.8 Å². The molecule has 0 amide bonds. The summed E-state index contributed by atoms with van der Waals surface area (Å²) in [6, 6.07) is 18.0. The summed E-state index contributed by atoms with van der Waals surface area (Å²) in [6.07, 6.45) is 4.24. The maximum atomic E-state index is 12.3. The van der Waals surface area contributed by atoms with Crippen molar-refractivity contribution in [2.45, 2.75) is 50.7 Å². The van der Waals surface area contributed by atoms with Crippen molar-refractivity contribution in [3.8, 4) is 23.0 Å². The Morgan fingerprint density at radius 2 is 1.85 bits per heavy atom. The van der Waals surface area contributed by atoms with E-state index in [1.807, 2.05) is 54.6 Å². The number of aliphatic hydroxyl groups excluding tert-OH is 2.